The lowest BCUT2D eigenvalue weighted by atomic mass is 10.2. The molecule has 0 atom stereocenters. The topological polar surface area (TPSA) is 38.3 Å². The predicted molar refractivity (Wildman–Crippen MR) is 51.4 cm³/mol. The number of hydrogen-bond acceptors (Lipinski definition) is 2. The molecule has 0 aromatic heterocycles. The fourth-order valence-electron chi connectivity index (χ4n) is 0.959. The maximum atomic E-state index is 10.7. The highest BCUT2D eigenvalue weighted by Crippen LogP contribution is 2.07. The molecular formula is C10H13NO2. The van der Waals surface area contributed by atoms with E-state index in [4.69, 9.17) is 4.74 Å². The molecule has 0 heterocycles. The summed E-state index contributed by atoms with van der Waals surface area (Å²) in [5.41, 5.74) is 1.09. The van der Waals surface area contributed by atoms with Gasteiger partial charge in [-0.1, -0.05) is 30.4 Å². The molecule has 1 amide bonds. The molecule has 0 aliphatic heterocycles. The lowest BCUT2D eigenvalue weighted by molar-refractivity contribution is 0.157. The molecule has 0 aromatic carbocycles. The van der Waals surface area contributed by atoms with Crippen LogP contribution in [0.5, 0.6) is 0 Å². The Morgan fingerprint density at radius 1 is 1.54 bits per heavy atom. The summed E-state index contributed by atoms with van der Waals surface area (Å²) < 4.78 is 4.90. The molecule has 0 spiro atoms. The summed E-state index contributed by atoms with van der Waals surface area (Å²) in [4.78, 5) is 10.7. The molecule has 1 N–H and O–H groups in total. The molecule has 70 valence electrons. The average Bonchev–Trinajstić information content (AvgIpc) is 2.42. The molecule has 0 radical (unpaired) electrons. The molecule has 1 rings (SSSR count). The maximum Gasteiger partial charge on any atom is 0.407 e. The normalized spacial score (nSPS) is 14.7. The minimum absolute atomic E-state index is 0.356. The monoisotopic (exact) mass is 179 g/mol. The molecule has 0 saturated heterocycles. The zero-order valence-electron chi connectivity index (χ0n) is 7.62. The summed E-state index contributed by atoms with van der Waals surface area (Å²) in [5, 5.41) is 2.40. The second-order valence-electron chi connectivity index (χ2n) is 2.67. The number of alkyl carbamates (subject to hydrolysis) is 1. The first kappa shape index (κ1) is 9.58. The van der Waals surface area contributed by atoms with Crippen molar-refractivity contribution in [2.24, 2.45) is 0 Å². The van der Waals surface area contributed by atoms with Gasteiger partial charge in [0, 0.05) is 7.05 Å². The van der Waals surface area contributed by atoms with Gasteiger partial charge in [-0.3, -0.25) is 0 Å². The van der Waals surface area contributed by atoms with Crippen LogP contribution in [0.3, 0.4) is 0 Å². The van der Waals surface area contributed by atoms with Gasteiger partial charge in [-0.25, -0.2) is 4.79 Å². The van der Waals surface area contributed by atoms with Gasteiger partial charge in [0.05, 0.1) is 0 Å². The van der Waals surface area contributed by atoms with Crippen LogP contribution in [0.15, 0.2) is 36.0 Å². The molecule has 0 saturated carbocycles. The van der Waals surface area contributed by atoms with E-state index in [0.29, 0.717) is 6.61 Å². The lowest BCUT2D eigenvalue weighted by Gasteiger charge is -2.04. The molecule has 0 aromatic rings. The summed E-state index contributed by atoms with van der Waals surface area (Å²) in [6.45, 7) is 0.356. The Morgan fingerprint density at radius 2 is 2.38 bits per heavy atom. The largest absolute Gasteiger partial charge is 0.445 e. The second kappa shape index (κ2) is 5.19. The quantitative estimate of drug-likeness (QED) is 0.701. The summed E-state index contributed by atoms with van der Waals surface area (Å²) in [5.74, 6) is 0. The van der Waals surface area contributed by atoms with Gasteiger partial charge in [-0.05, 0) is 12.0 Å². The third-order valence-corrected chi connectivity index (χ3v) is 1.66. The van der Waals surface area contributed by atoms with E-state index in [-0.39, 0.29) is 0 Å². The number of amides is 1. The van der Waals surface area contributed by atoms with Gasteiger partial charge < -0.3 is 10.1 Å². The van der Waals surface area contributed by atoms with Crippen LogP contribution in [0, 0.1) is 0 Å². The predicted octanol–water partition coefficient (Wildman–Crippen LogP) is 1.78. The van der Waals surface area contributed by atoms with E-state index in [0.717, 1.165) is 12.0 Å². The zero-order valence-corrected chi connectivity index (χ0v) is 7.62. The highest BCUT2D eigenvalue weighted by molar-refractivity contribution is 5.66. The lowest BCUT2D eigenvalue weighted by Crippen LogP contribution is -2.20. The number of hydrogen-bond donors (Lipinski definition) is 1. The van der Waals surface area contributed by atoms with E-state index >= 15 is 0 Å². The van der Waals surface area contributed by atoms with Gasteiger partial charge in [0.2, 0.25) is 0 Å². The Morgan fingerprint density at radius 3 is 3.15 bits per heavy atom. The van der Waals surface area contributed by atoms with E-state index < -0.39 is 6.09 Å². The Labute approximate surface area is 77.8 Å². The minimum Gasteiger partial charge on any atom is -0.445 e. The van der Waals surface area contributed by atoms with Crippen LogP contribution in [0.1, 0.15) is 6.42 Å². The van der Waals surface area contributed by atoms with Gasteiger partial charge in [0.1, 0.15) is 6.61 Å². The number of allylic oxidation sites excluding steroid dienone is 5. The number of rotatable bonds is 2. The Bertz CT molecular complexity index is 264. The van der Waals surface area contributed by atoms with Gasteiger partial charge in [-0.15, -0.1) is 0 Å². The zero-order chi connectivity index (χ0) is 9.52. The Hall–Kier alpha value is -1.51. The Kier molecular flexibility index (Phi) is 3.82. The first-order valence-electron chi connectivity index (χ1n) is 4.18. The number of nitrogens with one attached hydrogen (secondary N) is 1. The SMILES string of the molecule is CNC(=O)OCC1=CC=CC=CC1. The van der Waals surface area contributed by atoms with Gasteiger partial charge in [-0.2, -0.15) is 0 Å². The third kappa shape index (κ3) is 3.60. The van der Waals surface area contributed by atoms with Crippen LogP contribution in [0.4, 0.5) is 4.79 Å². The average molecular weight is 179 g/mol. The minimum atomic E-state index is -0.391. The van der Waals surface area contributed by atoms with Gasteiger partial charge in [0.25, 0.3) is 0 Å². The second-order valence-corrected chi connectivity index (χ2v) is 2.67. The molecule has 3 heteroatoms. The molecule has 0 unspecified atom stereocenters. The maximum absolute atomic E-state index is 10.7. The smallest absolute Gasteiger partial charge is 0.407 e. The number of carbonyl (C=O) groups is 1. The van der Waals surface area contributed by atoms with Crippen LogP contribution in [-0.4, -0.2) is 19.7 Å². The molecule has 0 bridgehead atoms. The van der Waals surface area contributed by atoms with Crippen molar-refractivity contribution in [2.45, 2.75) is 6.42 Å². The van der Waals surface area contributed by atoms with Crippen molar-refractivity contribution in [1.82, 2.24) is 5.32 Å². The number of carbonyl (C=O) groups excluding carboxylic acids is 1. The number of ether oxygens (including phenoxy) is 1. The molecule has 3 nitrogen and oxygen atoms in total. The van der Waals surface area contributed by atoms with Crippen LogP contribution >= 0.6 is 0 Å². The first-order valence-corrected chi connectivity index (χ1v) is 4.18. The molecule has 13 heavy (non-hydrogen) atoms. The van der Waals surface area contributed by atoms with Crippen molar-refractivity contribution in [3.63, 3.8) is 0 Å². The van der Waals surface area contributed by atoms with Crippen LogP contribution < -0.4 is 5.32 Å². The first-order chi connectivity index (χ1) is 6.33. The molecule has 1 aliphatic carbocycles. The van der Waals surface area contributed by atoms with E-state index in [1.165, 1.54) is 0 Å². The third-order valence-electron chi connectivity index (χ3n) is 1.66. The van der Waals surface area contributed by atoms with Crippen molar-refractivity contribution in [3.8, 4) is 0 Å². The van der Waals surface area contributed by atoms with E-state index in [2.05, 4.69) is 5.32 Å². The fourth-order valence-corrected chi connectivity index (χ4v) is 0.959. The van der Waals surface area contributed by atoms with E-state index in [1.54, 1.807) is 7.05 Å². The van der Waals surface area contributed by atoms with E-state index in [9.17, 15) is 4.79 Å². The van der Waals surface area contributed by atoms with E-state index in [1.807, 2.05) is 30.4 Å². The molecule has 1 aliphatic rings. The highest BCUT2D eigenvalue weighted by Gasteiger charge is 2.00. The van der Waals surface area contributed by atoms with Gasteiger partial charge in [0.15, 0.2) is 0 Å². The van der Waals surface area contributed by atoms with Crippen molar-refractivity contribution >= 4 is 6.09 Å². The standard InChI is InChI=1S/C10H13NO2/c1-11-10(12)13-8-9-6-4-2-3-5-7-9/h2-6H,7-8H2,1H3,(H,11,12). The fraction of sp³-hybridized carbons (Fsp3) is 0.300. The summed E-state index contributed by atoms with van der Waals surface area (Å²) in [6, 6.07) is 0. The van der Waals surface area contributed by atoms with Crippen molar-refractivity contribution in [1.29, 1.82) is 0 Å². The van der Waals surface area contributed by atoms with Crippen LogP contribution in [0.2, 0.25) is 0 Å². The van der Waals surface area contributed by atoms with Crippen molar-refractivity contribution in [3.05, 3.63) is 36.0 Å². The van der Waals surface area contributed by atoms with Crippen LogP contribution in [-0.2, 0) is 4.74 Å². The van der Waals surface area contributed by atoms with Gasteiger partial charge >= 0.3 is 6.09 Å². The summed E-state index contributed by atoms with van der Waals surface area (Å²) in [7, 11) is 1.55. The highest BCUT2D eigenvalue weighted by atomic mass is 16.5. The molecule has 0 fully saturated rings. The molecular weight excluding hydrogens is 166 g/mol. The summed E-state index contributed by atoms with van der Waals surface area (Å²) >= 11 is 0. The summed E-state index contributed by atoms with van der Waals surface area (Å²) in [6.07, 6.45) is 10.3. The van der Waals surface area contributed by atoms with Crippen LogP contribution in [0.25, 0.3) is 0 Å². The Balaban J connectivity index is 2.36. The van der Waals surface area contributed by atoms with Crippen molar-refractivity contribution < 1.29 is 9.53 Å². The van der Waals surface area contributed by atoms with Crippen molar-refractivity contribution in [2.75, 3.05) is 13.7 Å².